The Bertz CT molecular complexity index is 451. The fourth-order valence-corrected chi connectivity index (χ4v) is 1.67. The van der Waals surface area contributed by atoms with E-state index in [1.54, 1.807) is 6.20 Å². The Hall–Kier alpha value is -1.58. The van der Waals surface area contributed by atoms with E-state index < -0.39 is 0 Å². The Morgan fingerprint density at radius 2 is 2.29 bits per heavy atom. The van der Waals surface area contributed by atoms with Crippen molar-refractivity contribution < 1.29 is 9.90 Å². The number of hydrogen-bond donors (Lipinski definition) is 3. The van der Waals surface area contributed by atoms with Gasteiger partial charge in [-0.25, -0.2) is 9.78 Å². The van der Waals surface area contributed by atoms with Gasteiger partial charge in [-0.2, -0.15) is 0 Å². The quantitative estimate of drug-likeness (QED) is 0.662. The summed E-state index contributed by atoms with van der Waals surface area (Å²) < 4.78 is 0. The molecule has 0 unspecified atom stereocenters. The van der Waals surface area contributed by atoms with Gasteiger partial charge in [0.25, 0.3) is 0 Å². The summed E-state index contributed by atoms with van der Waals surface area (Å²) in [7, 11) is 0. The highest BCUT2D eigenvalue weighted by atomic mass is 32.1. The van der Waals surface area contributed by atoms with Crippen molar-refractivity contribution >= 4 is 22.5 Å². The second-order valence-corrected chi connectivity index (χ2v) is 5.35. The minimum atomic E-state index is -0.298. The van der Waals surface area contributed by atoms with Gasteiger partial charge < -0.3 is 10.4 Å². The number of anilines is 1. The van der Waals surface area contributed by atoms with Crippen LogP contribution in [-0.2, 0) is 0 Å². The van der Waals surface area contributed by atoms with Gasteiger partial charge in [-0.15, -0.1) is 0 Å². The molecule has 0 spiro atoms. The molecule has 1 aromatic rings. The maximum atomic E-state index is 11.5. The van der Waals surface area contributed by atoms with Gasteiger partial charge in [0.2, 0.25) is 0 Å². The Morgan fingerprint density at radius 3 is 2.88 bits per heavy atom. The van der Waals surface area contributed by atoms with E-state index in [1.807, 2.05) is 20.8 Å². The van der Waals surface area contributed by atoms with E-state index in [0.29, 0.717) is 10.0 Å². The number of carbonyl (C=O) groups is 1. The van der Waals surface area contributed by atoms with Crippen molar-refractivity contribution in [2.45, 2.75) is 26.3 Å². The van der Waals surface area contributed by atoms with Crippen molar-refractivity contribution in [1.82, 2.24) is 10.3 Å². The Labute approximate surface area is 104 Å². The fourth-order valence-electron chi connectivity index (χ4n) is 0.985. The molecule has 0 saturated heterocycles. The summed E-state index contributed by atoms with van der Waals surface area (Å²) in [5, 5.41) is 14.4. The standard InChI is InChI=1S/C11H15N3O2S/c1-11(2,3)14-9(16)13-10-12-7-8(17-10)5-4-6-15/h7,15H,6H2,1-3H3,(H2,12,13,14,16). The third-order valence-corrected chi connectivity index (χ3v) is 2.33. The average molecular weight is 253 g/mol. The highest BCUT2D eigenvalue weighted by Crippen LogP contribution is 2.16. The van der Waals surface area contributed by atoms with Gasteiger partial charge in [-0.1, -0.05) is 23.2 Å². The van der Waals surface area contributed by atoms with E-state index in [-0.39, 0.29) is 18.2 Å². The van der Waals surface area contributed by atoms with E-state index >= 15 is 0 Å². The molecule has 0 radical (unpaired) electrons. The monoisotopic (exact) mass is 253 g/mol. The van der Waals surface area contributed by atoms with Crippen LogP contribution in [0.25, 0.3) is 0 Å². The topological polar surface area (TPSA) is 74.2 Å². The molecule has 2 amide bonds. The van der Waals surface area contributed by atoms with E-state index in [2.05, 4.69) is 27.5 Å². The number of hydrogen-bond acceptors (Lipinski definition) is 4. The van der Waals surface area contributed by atoms with Crippen LogP contribution in [0.5, 0.6) is 0 Å². The van der Waals surface area contributed by atoms with Crippen molar-refractivity contribution in [3.05, 3.63) is 11.1 Å². The van der Waals surface area contributed by atoms with Crippen LogP contribution in [0.15, 0.2) is 6.20 Å². The Morgan fingerprint density at radius 1 is 1.59 bits per heavy atom. The molecule has 0 saturated carbocycles. The lowest BCUT2D eigenvalue weighted by Crippen LogP contribution is -2.43. The molecule has 0 fully saturated rings. The van der Waals surface area contributed by atoms with Crippen LogP contribution in [0.1, 0.15) is 25.6 Å². The third-order valence-electron chi connectivity index (χ3n) is 1.51. The Kier molecular flexibility index (Phi) is 4.49. The molecule has 5 nitrogen and oxygen atoms in total. The highest BCUT2D eigenvalue weighted by Gasteiger charge is 2.14. The Balaban J connectivity index is 2.58. The first-order valence-electron chi connectivity index (χ1n) is 5.05. The molecule has 1 rings (SSSR count). The smallest absolute Gasteiger partial charge is 0.321 e. The second-order valence-electron chi connectivity index (χ2n) is 4.32. The lowest BCUT2D eigenvalue weighted by atomic mass is 10.1. The van der Waals surface area contributed by atoms with Crippen molar-refractivity contribution in [3.8, 4) is 11.8 Å². The molecule has 1 heterocycles. The maximum Gasteiger partial charge on any atom is 0.321 e. The third kappa shape index (κ3) is 5.33. The molecular formula is C11H15N3O2S. The molecule has 0 aromatic carbocycles. The van der Waals surface area contributed by atoms with Gasteiger partial charge in [-0.05, 0) is 20.8 Å². The van der Waals surface area contributed by atoms with Gasteiger partial charge in [-0.3, -0.25) is 5.32 Å². The first kappa shape index (κ1) is 13.5. The zero-order chi connectivity index (χ0) is 12.9. The molecule has 17 heavy (non-hydrogen) atoms. The molecule has 0 bridgehead atoms. The summed E-state index contributed by atoms with van der Waals surface area (Å²) in [6.45, 7) is 5.50. The number of aliphatic hydroxyl groups is 1. The molecule has 0 aliphatic heterocycles. The molecule has 1 aromatic heterocycles. The number of urea groups is 1. The average Bonchev–Trinajstić information content (AvgIpc) is 2.59. The number of thiazole rings is 1. The minimum absolute atomic E-state index is 0.189. The number of aliphatic hydroxyl groups excluding tert-OH is 1. The molecule has 6 heteroatoms. The maximum absolute atomic E-state index is 11.5. The number of carbonyl (C=O) groups excluding carboxylic acids is 1. The number of amides is 2. The number of aromatic nitrogens is 1. The van der Waals surface area contributed by atoms with E-state index in [0.717, 1.165) is 0 Å². The molecule has 92 valence electrons. The number of nitrogens with one attached hydrogen (secondary N) is 2. The van der Waals surface area contributed by atoms with Crippen LogP contribution < -0.4 is 10.6 Å². The molecule has 0 aliphatic carbocycles. The number of rotatable bonds is 1. The van der Waals surface area contributed by atoms with E-state index in [9.17, 15) is 4.79 Å². The second kappa shape index (κ2) is 5.66. The molecule has 3 N–H and O–H groups in total. The van der Waals surface area contributed by atoms with E-state index in [4.69, 9.17) is 5.11 Å². The van der Waals surface area contributed by atoms with Gasteiger partial charge >= 0.3 is 6.03 Å². The summed E-state index contributed by atoms with van der Waals surface area (Å²) in [6, 6.07) is -0.298. The van der Waals surface area contributed by atoms with Gasteiger partial charge in [0.15, 0.2) is 5.13 Å². The van der Waals surface area contributed by atoms with Crippen LogP contribution in [0, 0.1) is 11.8 Å². The van der Waals surface area contributed by atoms with Gasteiger partial charge in [0.05, 0.1) is 11.1 Å². The van der Waals surface area contributed by atoms with E-state index in [1.165, 1.54) is 11.3 Å². The normalized spacial score (nSPS) is 10.4. The largest absolute Gasteiger partial charge is 0.384 e. The lowest BCUT2D eigenvalue weighted by molar-refractivity contribution is 0.244. The van der Waals surface area contributed by atoms with Crippen molar-refractivity contribution in [3.63, 3.8) is 0 Å². The first-order valence-corrected chi connectivity index (χ1v) is 5.87. The minimum Gasteiger partial charge on any atom is -0.384 e. The zero-order valence-corrected chi connectivity index (χ0v) is 10.8. The van der Waals surface area contributed by atoms with Crippen LogP contribution in [0.2, 0.25) is 0 Å². The highest BCUT2D eigenvalue weighted by molar-refractivity contribution is 7.16. The summed E-state index contributed by atoms with van der Waals surface area (Å²) in [4.78, 5) is 16.2. The van der Waals surface area contributed by atoms with Gasteiger partial charge in [0.1, 0.15) is 6.61 Å². The van der Waals surface area contributed by atoms with Crippen molar-refractivity contribution in [2.75, 3.05) is 11.9 Å². The van der Waals surface area contributed by atoms with Gasteiger partial charge in [0, 0.05) is 5.54 Å². The zero-order valence-electron chi connectivity index (χ0n) is 10.00. The summed E-state index contributed by atoms with van der Waals surface area (Å²) in [5.74, 6) is 5.24. The molecular weight excluding hydrogens is 238 g/mol. The molecule has 0 atom stereocenters. The molecule has 0 aliphatic rings. The predicted molar refractivity (Wildman–Crippen MR) is 68.0 cm³/mol. The fraction of sp³-hybridized carbons (Fsp3) is 0.455. The SMILES string of the molecule is CC(C)(C)NC(=O)Nc1ncc(C#CCO)s1. The van der Waals surface area contributed by atoms with Crippen molar-refractivity contribution in [1.29, 1.82) is 0 Å². The van der Waals surface area contributed by atoms with Crippen LogP contribution in [0.3, 0.4) is 0 Å². The lowest BCUT2D eigenvalue weighted by Gasteiger charge is -2.19. The van der Waals surface area contributed by atoms with Crippen LogP contribution in [-0.4, -0.2) is 28.3 Å². The summed E-state index contributed by atoms with van der Waals surface area (Å²) in [5.41, 5.74) is -0.291. The van der Waals surface area contributed by atoms with Crippen LogP contribution >= 0.6 is 11.3 Å². The van der Waals surface area contributed by atoms with Crippen LogP contribution in [0.4, 0.5) is 9.93 Å². The number of nitrogens with zero attached hydrogens (tertiary/aromatic N) is 1. The predicted octanol–water partition coefficient (Wildman–Crippen LogP) is 1.41. The first-order chi connectivity index (χ1) is 7.90. The summed E-state index contributed by atoms with van der Waals surface area (Å²) in [6.07, 6.45) is 1.56. The summed E-state index contributed by atoms with van der Waals surface area (Å²) >= 11 is 1.26. The van der Waals surface area contributed by atoms with Crippen molar-refractivity contribution in [2.24, 2.45) is 0 Å².